The molecule has 0 fully saturated rings. The van der Waals surface area contributed by atoms with E-state index in [9.17, 15) is 4.79 Å². The first-order chi connectivity index (χ1) is 16.1. The Morgan fingerprint density at radius 2 is 1.68 bits per heavy atom. The van der Waals surface area contributed by atoms with Crippen LogP contribution in [-0.4, -0.2) is 26.4 Å². The fraction of sp³-hybridized carbons (Fsp3) is 0.444. The molecular formula is C27H36N4O2S. The van der Waals surface area contributed by atoms with Crippen LogP contribution >= 0.6 is 11.8 Å². The molecule has 0 saturated carbocycles. The van der Waals surface area contributed by atoms with Gasteiger partial charge in [0.05, 0.1) is 5.75 Å². The topological polar surface area (TPSA) is 69.0 Å². The summed E-state index contributed by atoms with van der Waals surface area (Å²) >= 11 is 1.37. The largest absolute Gasteiger partial charge is 0.483 e. The summed E-state index contributed by atoms with van der Waals surface area (Å²) in [4.78, 5) is 12.7. The summed E-state index contributed by atoms with van der Waals surface area (Å²) in [7, 11) is 1.90. The molecule has 0 spiro atoms. The average Bonchev–Trinajstić information content (AvgIpc) is 3.18. The van der Waals surface area contributed by atoms with Gasteiger partial charge in [0.2, 0.25) is 5.91 Å². The highest BCUT2D eigenvalue weighted by Gasteiger charge is 2.19. The third kappa shape index (κ3) is 6.20. The van der Waals surface area contributed by atoms with Crippen LogP contribution in [0.25, 0.3) is 0 Å². The molecule has 6 nitrogen and oxygen atoms in total. The number of rotatable bonds is 9. The highest BCUT2D eigenvalue weighted by atomic mass is 32.2. The van der Waals surface area contributed by atoms with E-state index in [1.54, 1.807) is 0 Å². The molecule has 7 heteroatoms. The minimum Gasteiger partial charge on any atom is -0.483 e. The lowest BCUT2D eigenvalue weighted by Crippen LogP contribution is -2.17. The Balaban J connectivity index is 1.62. The zero-order valence-electron chi connectivity index (χ0n) is 21.3. The molecule has 1 aromatic heterocycles. The van der Waals surface area contributed by atoms with Crippen LogP contribution in [0.15, 0.2) is 47.6 Å². The number of hydrogen-bond acceptors (Lipinski definition) is 5. The maximum atomic E-state index is 12.7. The molecular weight excluding hydrogens is 444 g/mol. The van der Waals surface area contributed by atoms with E-state index in [1.807, 2.05) is 36.7 Å². The number of carbonyl (C=O) groups excluding carboxylic acids is 1. The van der Waals surface area contributed by atoms with Gasteiger partial charge in [-0.15, -0.1) is 10.2 Å². The van der Waals surface area contributed by atoms with Crippen molar-refractivity contribution in [3.63, 3.8) is 0 Å². The summed E-state index contributed by atoms with van der Waals surface area (Å²) < 4.78 is 8.00. The normalized spacial score (nSPS) is 12.4. The van der Waals surface area contributed by atoms with Gasteiger partial charge in [0.1, 0.15) is 5.75 Å². The van der Waals surface area contributed by atoms with Crippen LogP contribution in [-0.2, 0) is 30.1 Å². The zero-order chi connectivity index (χ0) is 24.9. The van der Waals surface area contributed by atoms with Crippen molar-refractivity contribution >= 4 is 23.4 Å². The molecule has 0 aliphatic heterocycles. The molecule has 3 rings (SSSR count). The first-order valence-corrected chi connectivity index (χ1v) is 12.8. The predicted octanol–water partition coefficient (Wildman–Crippen LogP) is 6.11. The molecule has 0 bridgehead atoms. The van der Waals surface area contributed by atoms with Crippen LogP contribution in [0.5, 0.6) is 5.75 Å². The second kappa shape index (κ2) is 11.1. The van der Waals surface area contributed by atoms with Crippen molar-refractivity contribution in [3.8, 4) is 5.75 Å². The quantitative estimate of drug-likeness (QED) is 0.374. The third-order valence-electron chi connectivity index (χ3n) is 5.86. The Morgan fingerprint density at radius 3 is 2.24 bits per heavy atom. The number of thioether (sulfide) groups is 1. The second-order valence-electron chi connectivity index (χ2n) is 9.43. The lowest BCUT2D eigenvalue weighted by atomic mass is 9.87. The number of nitrogens with one attached hydrogen (secondary N) is 1. The number of carbonyl (C=O) groups is 1. The minimum atomic E-state index is -0.273. The number of amides is 1. The molecule has 34 heavy (non-hydrogen) atoms. The molecule has 1 atom stereocenters. The third-order valence-corrected chi connectivity index (χ3v) is 6.88. The van der Waals surface area contributed by atoms with E-state index >= 15 is 0 Å². The molecule has 182 valence electrons. The van der Waals surface area contributed by atoms with Gasteiger partial charge in [-0.25, -0.2) is 0 Å². The maximum Gasteiger partial charge on any atom is 0.234 e. The molecule has 0 aliphatic rings. The van der Waals surface area contributed by atoms with Crippen LogP contribution in [0.3, 0.4) is 0 Å². The van der Waals surface area contributed by atoms with E-state index in [-0.39, 0.29) is 23.2 Å². The summed E-state index contributed by atoms with van der Waals surface area (Å²) in [6.07, 6.45) is 1.48. The molecule has 0 saturated heterocycles. The molecule has 0 radical (unpaired) electrons. The van der Waals surface area contributed by atoms with Gasteiger partial charge in [0.25, 0.3) is 0 Å². The minimum absolute atomic E-state index is 0.0478. The Labute approximate surface area is 207 Å². The van der Waals surface area contributed by atoms with Crippen molar-refractivity contribution in [1.29, 1.82) is 0 Å². The van der Waals surface area contributed by atoms with Crippen molar-refractivity contribution in [2.24, 2.45) is 7.05 Å². The van der Waals surface area contributed by atoms with E-state index in [0.29, 0.717) is 11.0 Å². The number of hydrogen-bond donors (Lipinski definition) is 1. The van der Waals surface area contributed by atoms with Crippen LogP contribution in [0.4, 0.5) is 5.69 Å². The van der Waals surface area contributed by atoms with Crippen LogP contribution in [0, 0.1) is 0 Å². The lowest BCUT2D eigenvalue weighted by Gasteiger charge is -2.20. The molecule has 2 aromatic carbocycles. The summed E-state index contributed by atoms with van der Waals surface area (Å²) in [5, 5.41) is 12.4. The van der Waals surface area contributed by atoms with Gasteiger partial charge < -0.3 is 14.6 Å². The number of anilines is 1. The number of ether oxygens (including phenoxy) is 1. The number of nitrogens with zero attached hydrogens (tertiary/aromatic N) is 3. The van der Waals surface area contributed by atoms with Crippen LogP contribution < -0.4 is 10.1 Å². The van der Waals surface area contributed by atoms with Gasteiger partial charge in [-0.2, -0.15) is 0 Å². The molecule has 1 heterocycles. The van der Waals surface area contributed by atoms with Crippen molar-refractivity contribution in [2.45, 2.75) is 71.1 Å². The van der Waals surface area contributed by atoms with E-state index in [2.05, 4.69) is 74.4 Å². The van der Waals surface area contributed by atoms with Crippen molar-refractivity contribution in [2.75, 3.05) is 11.1 Å². The van der Waals surface area contributed by atoms with Crippen molar-refractivity contribution in [1.82, 2.24) is 14.8 Å². The van der Waals surface area contributed by atoms with E-state index in [0.717, 1.165) is 35.4 Å². The standard InChI is InChI=1S/C27H36N4O2S/c1-8-19-11-10-12-20(9-2)24(19)28-23(32)17-34-26-30-29-25(31(26)7)18(3)33-22-15-13-21(14-16-22)27(4,5)6/h10-16,18H,8-9,17H2,1-7H3,(H,28,32). The molecule has 3 aromatic rings. The van der Waals surface area contributed by atoms with Gasteiger partial charge in [0.15, 0.2) is 17.1 Å². The number of aryl methyl sites for hydroxylation is 2. The second-order valence-corrected chi connectivity index (χ2v) is 10.4. The highest BCUT2D eigenvalue weighted by molar-refractivity contribution is 7.99. The molecule has 1 amide bonds. The van der Waals surface area contributed by atoms with Crippen LogP contribution in [0.2, 0.25) is 0 Å². The monoisotopic (exact) mass is 480 g/mol. The predicted molar refractivity (Wildman–Crippen MR) is 140 cm³/mol. The fourth-order valence-corrected chi connectivity index (χ4v) is 4.52. The summed E-state index contributed by atoms with van der Waals surface area (Å²) in [5.74, 6) is 1.72. The summed E-state index contributed by atoms with van der Waals surface area (Å²) in [6.45, 7) is 12.7. The van der Waals surface area contributed by atoms with Gasteiger partial charge in [-0.1, -0.05) is 76.7 Å². The maximum absolute atomic E-state index is 12.7. The average molecular weight is 481 g/mol. The SMILES string of the molecule is CCc1cccc(CC)c1NC(=O)CSc1nnc(C(C)Oc2ccc(C(C)(C)C)cc2)n1C. The molecule has 0 aliphatic carbocycles. The highest BCUT2D eigenvalue weighted by Crippen LogP contribution is 2.28. The van der Waals surface area contributed by atoms with Gasteiger partial charge in [-0.05, 0) is 54.0 Å². The van der Waals surface area contributed by atoms with Crippen molar-refractivity contribution in [3.05, 3.63) is 65.0 Å². The van der Waals surface area contributed by atoms with E-state index in [4.69, 9.17) is 4.74 Å². The lowest BCUT2D eigenvalue weighted by molar-refractivity contribution is -0.113. The fourth-order valence-electron chi connectivity index (χ4n) is 3.80. The number of aromatic nitrogens is 3. The van der Waals surface area contributed by atoms with Crippen molar-refractivity contribution < 1.29 is 9.53 Å². The zero-order valence-corrected chi connectivity index (χ0v) is 22.1. The smallest absolute Gasteiger partial charge is 0.234 e. The van der Waals surface area contributed by atoms with Gasteiger partial charge >= 0.3 is 0 Å². The Hall–Kier alpha value is -2.80. The summed E-state index contributed by atoms with van der Waals surface area (Å²) in [6, 6.07) is 14.4. The number of benzene rings is 2. The first kappa shape index (κ1) is 25.8. The molecule has 1 N–H and O–H groups in total. The van der Waals surface area contributed by atoms with Gasteiger partial charge in [-0.3, -0.25) is 4.79 Å². The van der Waals surface area contributed by atoms with Gasteiger partial charge in [0, 0.05) is 12.7 Å². The van der Waals surface area contributed by atoms with Crippen LogP contribution in [0.1, 0.15) is 70.2 Å². The summed E-state index contributed by atoms with van der Waals surface area (Å²) in [5.41, 5.74) is 4.61. The van der Waals surface area contributed by atoms with E-state index < -0.39 is 0 Å². The Morgan fingerprint density at radius 1 is 1.06 bits per heavy atom. The molecule has 1 unspecified atom stereocenters. The van der Waals surface area contributed by atoms with E-state index in [1.165, 1.54) is 17.3 Å². The Kier molecular flexibility index (Phi) is 8.42. The number of para-hydroxylation sites is 1. The Bertz CT molecular complexity index is 1090. The first-order valence-electron chi connectivity index (χ1n) is 11.8.